The Balaban J connectivity index is 1.98. The van der Waals surface area contributed by atoms with E-state index in [1.807, 2.05) is 18.2 Å². The van der Waals surface area contributed by atoms with Gasteiger partial charge in [-0.05, 0) is 24.3 Å². The molecule has 5 nitrogen and oxygen atoms in total. The summed E-state index contributed by atoms with van der Waals surface area (Å²) in [4.78, 5) is 17.9. The molecule has 1 saturated heterocycles. The number of nitrogens with zero attached hydrogens (tertiary/aromatic N) is 2. The third-order valence-corrected chi connectivity index (χ3v) is 4.97. The number of amides is 1. The number of carbonyl (C=O) groups excluding carboxylic acids is 1. The molecule has 1 atom stereocenters. The standard InChI is InChI=1S/C14H12BrFN2O3S/c15-10-1-2-12-11(6-10)13(3-4-17-12)18-7-9(5-14(18)19)8-22(16,20)21/h1-4,6,9H,5,7-8H2. The smallest absolute Gasteiger partial charge is 0.302 e. The van der Waals surface area contributed by atoms with Gasteiger partial charge >= 0.3 is 10.2 Å². The molecule has 0 N–H and O–H groups in total. The molecule has 116 valence electrons. The van der Waals surface area contributed by atoms with Gasteiger partial charge in [0.15, 0.2) is 0 Å². The first-order chi connectivity index (χ1) is 10.3. The fourth-order valence-electron chi connectivity index (χ4n) is 2.75. The Morgan fingerprint density at radius 2 is 2.14 bits per heavy atom. The van der Waals surface area contributed by atoms with Crippen molar-refractivity contribution in [2.45, 2.75) is 6.42 Å². The van der Waals surface area contributed by atoms with Gasteiger partial charge in [-0.2, -0.15) is 8.42 Å². The minimum atomic E-state index is -4.58. The predicted octanol–water partition coefficient (Wildman–Crippen LogP) is 2.65. The van der Waals surface area contributed by atoms with E-state index in [2.05, 4.69) is 20.9 Å². The van der Waals surface area contributed by atoms with Crippen molar-refractivity contribution in [3.05, 3.63) is 34.9 Å². The van der Waals surface area contributed by atoms with Crippen LogP contribution in [0.1, 0.15) is 6.42 Å². The van der Waals surface area contributed by atoms with E-state index >= 15 is 0 Å². The molecule has 2 aromatic rings. The van der Waals surface area contributed by atoms with Gasteiger partial charge in [0.25, 0.3) is 0 Å². The van der Waals surface area contributed by atoms with Crippen LogP contribution < -0.4 is 4.90 Å². The van der Waals surface area contributed by atoms with Crippen LogP contribution in [0.25, 0.3) is 10.9 Å². The summed E-state index contributed by atoms with van der Waals surface area (Å²) in [6, 6.07) is 7.24. The molecule has 1 aliphatic heterocycles. The van der Waals surface area contributed by atoms with Gasteiger partial charge in [-0.15, -0.1) is 3.89 Å². The summed E-state index contributed by atoms with van der Waals surface area (Å²) in [6.45, 7) is 0.188. The quantitative estimate of drug-likeness (QED) is 0.760. The van der Waals surface area contributed by atoms with E-state index in [1.165, 1.54) is 4.90 Å². The van der Waals surface area contributed by atoms with Gasteiger partial charge in [0, 0.05) is 34.9 Å². The van der Waals surface area contributed by atoms with Gasteiger partial charge in [-0.1, -0.05) is 15.9 Å². The molecule has 1 fully saturated rings. The van der Waals surface area contributed by atoms with Crippen molar-refractivity contribution in [3.8, 4) is 0 Å². The molecule has 0 radical (unpaired) electrons. The first kappa shape index (κ1) is 15.4. The summed E-state index contributed by atoms with van der Waals surface area (Å²) in [5, 5.41) is 0.786. The fourth-order valence-corrected chi connectivity index (χ4v) is 3.89. The predicted molar refractivity (Wildman–Crippen MR) is 84.8 cm³/mol. The Bertz CT molecular complexity index is 856. The van der Waals surface area contributed by atoms with Crippen molar-refractivity contribution in [2.24, 2.45) is 5.92 Å². The van der Waals surface area contributed by atoms with Crippen LogP contribution in [0.3, 0.4) is 0 Å². The number of fused-ring (bicyclic) bond motifs is 1. The lowest BCUT2D eigenvalue weighted by molar-refractivity contribution is -0.117. The third kappa shape index (κ3) is 3.12. The molecule has 1 aliphatic rings. The van der Waals surface area contributed by atoms with Gasteiger partial charge in [0.1, 0.15) is 0 Å². The Kier molecular flexibility index (Phi) is 3.90. The van der Waals surface area contributed by atoms with Crippen molar-refractivity contribution in [3.63, 3.8) is 0 Å². The molecule has 8 heteroatoms. The molecule has 3 rings (SSSR count). The van der Waals surface area contributed by atoms with Crippen molar-refractivity contribution < 1.29 is 17.1 Å². The number of hydrogen-bond donors (Lipinski definition) is 0. The highest BCUT2D eigenvalue weighted by atomic mass is 79.9. The van der Waals surface area contributed by atoms with E-state index in [0.717, 1.165) is 15.4 Å². The van der Waals surface area contributed by atoms with Crippen LogP contribution in [0.5, 0.6) is 0 Å². The summed E-state index contributed by atoms with van der Waals surface area (Å²) < 4.78 is 35.2. The highest BCUT2D eigenvalue weighted by Crippen LogP contribution is 2.32. The number of anilines is 1. The highest BCUT2D eigenvalue weighted by molar-refractivity contribution is 9.10. The molecule has 0 spiro atoms. The van der Waals surface area contributed by atoms with Crippen molar-refractivity contribution in [1.82, 2.24) is 4.98 Å². The average molecular weight is 387 g/mol. The number of carbonyl (C=O) groups is 1. The largest absolute Gasteiger partial charge is 0.311 e. The lowest BCUT2D eigenvalue weighted by Crippen LogP contribution is -2.25. The molecule has 1 amide bonds. The second kappa shape index (κ2) is 5.58. The Morgan fingerprint density at radius 1 is 1.36 bits per heavy atom. The zero-order valence-corrected chi connectivity index (χ0v) is 13.8. The van der Waals surface area contributed by atoms with E-state index in [0.29, 0.717) is 5.69 Å². The first-order valence-electron chi connectivity index (χ1n) is 6.60. The SMILES string of the molecule is O=C1CC(CS(=O)(=O)F)CN1c1ccnc2ccc(Br)cc12. The minimum Gasteiger partial charge on any atom is -0.311 e. The topological polar surface area (TPSA) is 67.3 Å². The summed E-state index contributed by atoms with van der Waals surface area (Å²) in [5.74, 6) is -1.36. The number of halogens is 2. The molecule has 0 saturated carbocycles. The van der Waals surface area contributed by atoms with Crippen LogP contribution in [0, 0.1) is 5.92 Å². The number of benzene rings is 1. The molecule has 0 bridgehead atoms. The second-order valence-electron chi connectivity index (χ2n) is 5.27. The van der Waals surface area contributed by atoms with Crippen molar-refractivity contribution in [2.75, 3.05) is 17.2 Å². The van der Waals surface area contributed by atoms with Gasteiger partial charge < -0.3 is 4.90 Å². The first-order valence-corrected chi connectivity index (χ1v) is 8.95. The van der Waals surface area contributed by atoms with E-state index in [1.54, 1.807) is 12.3 Å². The molecular weight excluding hydrogens is 375 g/mol. The maximum Gasteiger partial charge on any atom is 0.302 e. The van der Waals surface area contributed by atoms with Crippen molar-refractivity contribution >= 4 is 48.7 Å². The van der Waals surface area contributed by atoms with Gasteiger partial charge in [0.05, 0.1) is 17.0 Å². The van der Waals surface area contributed by atoms with E-state index < -0.39 is 21.9 Å². The molecule has 22 heavy (non-hydrogen) atoms. The van der Waals surface area contributed by atoms with Crippen molar-refractivity contribution in [1.29, 1.82) is 0 Å². The summed E-state index contributed by atoms with van der Waals surface area (Å²) in [5.41, 5.74) is 1.39. The van der Waals surface area contributed by atoms with Gasteiger partial charge in [0.2, 0.25) is 5.91 Å². The number of pyridine rings is 1. The van der Waals surface area contributed by atoms with Gasteiger partial charge in [-0.25, -0.2) is 0 Å². The second-order valence-corrected chi connectivity index (χ2v) is 7.60. The summed E-state index contributed by atoms with van der Waals surface area (Å²) in [6.07, 6.45) is 1.62. The lowest BCUT2D eigenvalue weighted by atomic mass is 10.1. The molecule has 1 unspecified atom stereocenters. The van der Waals surface area contributed by atoms with Crippen LogP contribution in [0.15, 0.2) is 34.9 Å². The number of hydrogen-bond acceptors (Lipinski definition) is 4. The van der Waals surface area contributed by atoms with E-state index in [-0.39, 0.29) is 18.9 Å². The van der Waals surface area contributed by atoms with Crippen LogP contribution in [0.2, 0.25) is 0 Å². The summed E-state index contributed by atoms with van der Waals surface area (Å²) in [7, 11) is -4.58. The molecule has 0 aliphatic carbocycles. The monoisotopic (exact) mass is 386 g/mol. The zero-order chi connectivity index (χ0) is 15.9. The summed E-state index contributed by atoms with van der Waals surface area (Å²) >= 11 is 3.38. The normalized spacial score (nSPS) is 19.1. The van der Waals surface area contributed by atoms with Crippen LogP contribution in [-0.2, 0) is 15.0 Å². The van der Waals surface area contributed by atoms with E-state index in [4.69, 9.17) is 0 Å². The van der Waals surface area contributed by atoms with Crippen LogP contribution in [0.4, 0.5) is 9.57 Å². The average Bonchev–Trinajstić information content (AvgIpc) is 2.76. The Morgan fingerprint density at radius 3 is 2.86 bits per heavy atom. The minimum absolute atomic E-state index is 0.0287. The maximum absolute atomic E-state index is 12.8. The molecule has 1 aromatic carbocycles. The lowest BCUT2D eigenvalue weighted by Gasteiger charge is -2.18. The Labute approximate surface area is 135 Å². The van der Waals surface area contributed by atoms with Crippen LogP contribution >= 0.6 is 15.9 Å². The number of rotatable bonds is 3. The Hall–Kier alpha value is -1.54. The van der Waals surface area contributed by atoms with Gasteiger partial charge in [-0.3, -0.25) is 9.78 Å². The highest BCUT2D eigenvalue weighted by Gasteiger charge is 2.34. The third-order valence-electron chi connectivity index (χ3n) is 3.61. The molecule has 1 aromatic heterocycles. The zero-order valence-electron chi connectivity index (χ0n) is 11.4. The molecular formula is C14H12BrFN2O3S. The van der Waals surface area contributed by atoms with E-state index in [9.17, 15) is 17.1 Å². The van der Waals surface area contributed by atoms with Crippen LogP contribution in [-0.4, -0.2) is 31.6 Å². The molecule has 2 heterocycles. The maximum atomic E-state index is 12.8. The fraction of sp³-hybridized carbons (Fsp3) is 0.286. The number of aromatic nitrogens is 1.